The number of hydrogen-bond acceptors (Lipinski definition) is 5. The Morgan fingerprint density at radius 3 is 3.00 bits per heavy atom. The van der Waals surface area contributed by atoms with Crippen molar-refractivity contribution in [3.63, 3.8) is 0 Å². The van der Waals surface area contributed by atoms with Crippen LogP contribution < -0.4 is 5.32 Å². The quantitative estimate of drug-likeness (QED) is 0.862. The zero-order valence-corrected chi connectivity index (χ0v) is 11.9. The first-order valence-corrected chi connectivity index (χ1v) is 7.04. The number of halogens is 1. The molecule has 0 saturated carbocycles. The predicted molar refractivity (Wildman–Crippen MR) is 73.1 cm³/mol. The summed E-state index contributed by atoms with van der Waals surface area (Å²) in [5.74, 6) is 0. The van der Waals surface area contributed by atoms with Gasteiger partial charge in [0, 0.05) is 35.4 Å². The van der Waals surface area contributed by atoms with Gasteiger partial charge in [-0.15, -0.1) is 10.2 Å². The van der Waals surface area contributed by atoms with Gasteiger partial charge in [0.15, 0.2) is 0 Å². The molecule has 0 fully saturated rings. The van der Waals surface area contributed by atoms with Crippen molar-refractivity contribution in [1.82, 2.24) is 20.5 Å². The van der Waals surface area contributed by atoms with Crippen molar-refractivity contribution < 1.29 is 0 Å². The molecule has 90 valence electrons. The molecule has 0 amide bonds. The minimum Gasteiger partial charge on any atom is -0.317 e. The standard InChI is InChI=1S/C11H13BrN4S/c1-2-13-4-3-10-15-16-11(17-10)8-5-9(12)7-14-6-8/h5-7,13H,2-4H2,1H3. The SMILES string of the molecule is CCNCCc1nnc(-c2cncc(Br)c2)s1. The van der Waals surface area contributed by atoms with Gasteiger partial charge in [-0.25, -0.2) is 0 Å². The second kappa shape index (κ2) is 6.18. The summed E-state index contributed by atoms with van der Waals surface area (Å²) in [4.78, 5) is 4.12. The van der Waals surface area contributed by atoms with E-state index < -0.39 is 0 Å². The molecule has 6 heteroatoms. The highest BCUT2D eigenvalue weighted by molar-refractivity contribution is 9.10. The van der Waals surface area contributed by atoms with Crippen molar-refractivity contribution in [2.45, 2.75) is 13.3 Å². The van der Waals surface area contributed by atoms with Gasteiger partial charge < -0.3 is 5.32 Å². The number of rotatable bonds is 5. The molecule has 1 N–H and O–H groups in total. The molecule has 0 bridgehead atoms. The van der Waals surface area contributed by atoms with E-state index in [1.807, 2.05) is 6.07 Å². The first-order chi connectivity index (χ1) is 8.29. The zero-order valence-electron chi connectivity index (χ0n) is 9.48. The molecule has 0 aromatic carbocycles. The van der Waals surface area contributed by atoms with Crippen LogP contribution in [-0.4, -0.2) is 28.3 Å². The number of hydrogen-bond donors (Lipinski definition) is 1. The van der Waals surface area contributed by atoms with Crippen molar-refractivity contribution in [3.05, 3.63) is 27.9 Å². The fourth-order valence-corrected chi connectivity index (χ4v) is 2.56. The fourth-order valence-electron chi connectivity index (χ4n) is 1.37. The molecule has 2 aromatic rings. The summed E-state index contributed by atoms with van der Waals surface area (Å²) in [5.41, 5.74) is 1.01. The monoisotopic (exact) mass is 312 g/mol. The first-order valence-electron chi connectivity index (χ1n) is 5.43. The molecule has 0 aliphatic heterocycles. The maximum atomic E-state index is 4.19. The summed E-state index contributed by atoms with van der Waals surface area (Å²) in [7, 11) is 0. The van der Waals surface area contributed by atoms with E-state index in [1.54, 1.807) is 23.7 Å². The minimum absolute atomic E-state index is 0.922. The molecular weight excluding hydrogens is 300 g/mol. The Kier molecular flexibility index (Phi) is 4.58. The summed E-state index contributed by atoms with van der Waals surface area (Å²) in [6.07, 6.45) is 4.49. The molecule has 0 aliphatic carbocycles. The van der Waals surface area contributed by atoms with E-state index in [9.17, 15) is 0 Å². The Morgan fingerprint density at radius 1 is 1.35 bits per heavy atom. The Bertz CT molecular complexity index is 486. The smallest absolute Gasteiger partial charge is 0.149 e. The van der Waals surface area contributed by atoms with Crippen molar-refractivity contribution in [1.29, 1.82) is 0 Å². The number of nitrogens with one attached hydrogen (secondary N) is 1. The van der Waals surface area contributed by atoms with Gasteiger partial charge in [-0.2, -0.15) is 0 Å². The van der Waals surface area contributed by atoms with Gasteiger partial charge in [-0.1, -0.05) is 18.3 Å². The van der Waals surface area contributed by atoms with Crippen molar-refractivity contribution in [2.75, 3.05) is 13.1 Å². The maximum absolute atomic E-state index is 4.19. The Morgan fingerprint density at radius 2 is 2.24 bits per heavy atom. The lowest BCUT2D eigenvalue weighted by atomic mass is 10.3. The summed E-state index contributed by atoms with van der Waals surface area (Å²) in [6.45, 7) is 4.03. The van der Waals surface area contributed by atoms with Crippen LogP contribution >= 0.6 is 27.3 Å². The van der Waals surface area contributed by atoms with Crippen LogP contribution in [0.1, 0.15) is 11.9 Å². The second-order valence-corrected chi connectivity index (χ2v) is 5.47. The zero-order chi connectivity index (χ0) is 12.1. The molecule has 0 atom stereocenters. The van der Waals surface area contributed by atoms with Crippen LogP contribution in [0.4, 0.5) is 0 Å². The minimum atomic E-state index is 0.922. The number of likely N-dealkylation sites (N-methyl/N-ethyl adjacent to an activating group) is 1. The highest BCUT2D eigenvalue weighted by Crippen LogP contribution is 2.24. The second-order valence-electron chi connectivity index (χ2n) is 3.50. The van der Waals surface area contributed by atoms with Crippen molar-refractivity contribution in [2.24, 2.45) is 0 Å². The van der Waals surface area contributed by atoms with E-state index in [-0.39, 0.29) is 0 Å². The van der Waals surface area contributed by atoms with Gasteiger partial charge in [0.1, 0.15) is 10.0 Å². The van der Waals surface area contributed by atoms with E-state index in [0.29, 0.717) is 0 Å². The van der Waals surface area contributed by atoms with E-state index in [4.69, 9.17) is 0 Å². The molecule has 2 heterocycles. The van der Waals surface area contributed by atoms with E-state index in [1.165, 1.54) is 0 Å². The van der Waals surface area contributed by atoms with Crippen LogP contribution in [-0.2, 0) is 6.42 Å². The third-order valence-electron chi connectivity index (χ3n) is 2.18. The molecule has 0 spiro atoms. The lowest BCUT2D eigenvalue weighted by Gasteiger charge is -1.96. The fraction of sp³-hybridized carbons (Fsp3) is 0.364. The first kappa shape index (κ1) is 12.6. The predicted octanol–water partition coefficient (Wildman–Crippen LogP) is 2.51. The van der Waals surface area contributed by atoms with Crippen LogP contribution in [0.3, 0.4) is 0 Å². The van der Waals surface area contributed by atoms with Crippen LogP contribution in [0.2, 0.25) is 0 Å². The average Bonchev–Trinajstić information content (AvgIpc) is 2.78. The molecule has 4 nitrogen and oxygen atoms in total. The maximum Gasteiger partial charge on any atom is 0.149 e. The Labute approximate surface area is 113 Å². The highest BCUT2D eigenvalue weighted by atomic mass is 79.9. The van der Waals surface area contributed by atoms with Crippen LogP contribution in [0.25, 0.3) is 10.6 Å². The molecule has 0 aliphatic rings. The van der Waals surface area contributed by atoms with Crippen LogP contribution in [0.5, 0.6) is 0 Å². The number of nitrogens with zero attached hydrogens (tertiary/aromatic N) is 3. The van der Waals surface area contributed by atoms with Gasteiger partial charge in [0.2, 0.25) is 0 Å². The topological polar surface area (TPSA) is 50.7 Å². The third-order valence-corrected chi connectivity index (χ3v) is 3.65. The van der Waals surface area contributed by atoms with Gasteiger partial charge in [0.05, 0.1) is 0 Å². The van der Waals surface area contributed by atoms with Crippen LogP contribution in [0.15, 0.2) is 22.9 Å². The molecule has 2 aromatic heterocycles. The van der Waals surface area contributed by atoms with Crippen molar-refractivity contribution in [3.8, 4) is 10.6 Å². The normalized spacial score (nSPS) is 10.7. The molecular formula is C11H13BrN4S. The lowest BCUT2D eigenvalue weighted by molar-refractivity contribution is 0.710. The third kappa shape index (κ3) is 3.55. The molecule has 0 saturated heterocycles. The van der Waals surface area contributed by atoms with Crippen molar-refractivity contribution >= 4 is 27.3 Å². The summed E-state index contributed by atoms with van der Waals surface area (Å²) >= 11 is 5.02. The summed E-state index contributed by atoms with van der Waals surface area (Å²) in [6, 6.07) is 2.00. The van der Waals surface area contributed by atoms with Gasteiger partial charge in [0.25, 0.3) is 0 Å². The summed E-state index contributed by atoms with van der Waals surface area (Å²) in [5, 5.41) is 13.6. The molecule has 0 unspecified atom stereocenters. The van der Waals surface area contributed by atoms with Gasteiger partial charge in [-0.3, -0.25) is 4.98 Å². The van der Waals surface area contributed by atoms with E-state index >= 15 is 0 Å². The molecule has 0 radical (unpaired) electrons. The van der Waals surface area contributed by atoms with Gasteiger partial charge >= 0.3 is 0 Å². The number of aromatic nitrogens is 3. The van der Waals surface area contributed by atoms with Crippen LogP contribution in [0, 0.1) is 0 Å². The number of pyridine rings is 1. The highest BCUT2D eigenvalue weighted by Gasteiger charge is 2.07. The van der Waals surface area contributed by atoms with E-state index in [2.05, 4.69) is 43.4 Å². The largest absolute Gasteiger partial charge is 0.317 e. The molecule has 17 heavy (non-hydrogen) atoms. The Hall–Kier alpha value is -0.850. The summed E-state index contributed by atoms with van der Waals surface area (Å²) < 4.78 is 0.958. The van der Waals surface area contributed by atoms with E-state index in [0.717, 1.165) is 39.6 Å². The average molecular weight is 313 g/mol. The lowest BCUT2D eigenvalue weighted by Crippen LogP contribution is -2.15. The Balaban J connectivity index is 2.07. The van der Waals surface area contributed by atoms with Gasteiger partial charge in [-0.05, 0) is 28.5 Å². The molecule has 2 rings (SSSR count).